The maximum atomic E-state index is 13.4. The molecule has 1 aliphatic rings. The highest BCUT2D eigenvalue weighted by Gasteiger charge is 2.38. The summed E-state index contributed by atoms with van der Waals surface area (Å²) >= 11 is 0. The third-order valence-electron chi connectivity index (χ3n) is 5.16. The van der Waals surface area contributed by atoms with Crippen LogP contribution in [0, 0.1) is 6.92 Å². The smallest absolute Gasteiger partial charge is 0.416 e. The molecule has 4 nitrogen and oxygen atoms in total. The lowest BCUT2D eigenvalue weighted by molar-refractivity contribution is -0.138. The molecule has 0 N–H and O–H groups in total. The number of aromatic nitrogens is 3. The predicted octanol–water partition coefficient (Wildman–Crippen LogP) is 5.32. The minimum absolute atomic E-state index is 0.255. The Morgan fingerprint density at radius 2 is 1.93 bits per heavy atom. The summed E-state index contributed by atoms with van der Waals surface area (Å²) in [4.78, 5) is 4.51. The summed E-state index contributed by atoms with van der Waals surface area (Å²) in [6.45, 7) is 2.51. The lowest BCUT2D eigenvalue weighted by Gasteiger charge is -2.16. The van der Waals surface area contributed by atoms with Crippen molar-refractivity contribution in [1.29, 1.82) is 0 Å². The molecule has 1 atom stereocenters. The molecule has 0 saturated carbocycles. The van der Waals surface area contributed by atoms with Crippen molar-refractivity contribution in [3.05, 3.63) is 76.4 Å². The number of alkyl halides is 3. The Morgan fingerprint density at radius 3 is 2.69 bits per heavy atom. The van der Waals surface area contributed by atoms with Crippen molar-refractivity contribution in [2.75, 3.05) is 7.11 Å². The molecule has 0 saturated heterocycles. The summed E-state index contributed by atoms with van der Waals surface area (Å²) in [6, 6.07) is 11.5. The van der Waals surface area contributed by atoms with Crippen molar-refractivity contribution < 1.29 is 17.9 Å². The fourth-order valence-corrected chi connectivity index (χ4v) is 3.71. The summed E-state index contributed by atoms with van der Waals surface area (Å²) < 4.78 is 47.3. The number of ether oxygens (including phenoxy) is 1. The number of benzene rings is 2. The molecule has 150 valence electrons. The molecular weight excluding hydrogens is 379 g/mol. The van der Waals surface area contributed by atoms with Gasteiger partial charge in [0.2, 0.25) is 0 Å². The van der Waals surface area contributed by atoms with Crippen molar-refractivity contribution >= 4 is 12.2 Å². The Kier molecular flexibility index (Phi) is 4.90. The van der Waals surface area contributed by atoms with Crippen LogP contribution in [-0.4, -0.2) is 21.9 Å². The standard InChI is InChI=1S/C22H20F3N3O/c1-14-7-8-15(13-19(14)29-2)9-10-20-26-21-17(11-12-28(21)27-20)16-5-3-4-6-18(16)22(23,24)25/h3-10,13,17H,11-12H2,1-2H3/b10-9+. The molecule has 0 bridgehead atoms. The van der Waals surface area contributed by atoms with Gasteiger partial charge in [0, 0.05) is 12.5 Å². The van der Waals surface area contributed by atoms with Gasteiger partial charge in [0.25, 0.3) is 0 Å². The van der Waals surface area contributed by atoms with Gasteiger partial charge in [0.1, 0.15) is 11.6 Å². The second-order valence-electron chi connectivity index (χ2n) is 7.04. The van der Waals surface area contributed by atoms with Crippen LogP contribution in [0.25, 0.3) is 12.2 Å². The Labute approximate surface area is 166 Å². The molecule has 0 spiro atoms. The van der Waals surface area contributed by atoms with Gasteiger partial charge in [-0.3, -0.25) is 0 Å². The number of hydrogen-bond donors (Lipinski definition) is 0. The van der Waals surface area contributed by atoms with E-state index in [0.29, 0.717) is 24.6 Å². The Hall–Kier alpha value is -3.09. The van der Waals surface area contributed by atoms with Crippen molar-refractivity contribution in [3.63, 3.8) is 0 Å². The predicted molar refractivity (Wildman–Crippen MR) is 105 cm³/mol. The van der Waals surface area contributed by atoms with Gasteiger partial charge in [0.15, 0.2) is 5.82 Å². The van der Waals surface area contributed by atoms with Crippen molar-refractivity contribution in [1.82, 2.24) is 14.8 Å². The third-order valence-corrected chi connectivity index (χ3v) is 5.16. The van der Waals surface area contributed by atoms with Crippen LogP contribution in [0.5, 0.6) is 5.75 Å². The molecule has 0 fully saturated rings. The quantitative estimate of drug-likeness (QED) is 0.596. The molecule has 0 radical (unpaired) electrons. The third kappa shape index (κ3) is 3.77. The van der Waals surface area contributed by atoms with Gasteiger partial charge in [0.05, 0.1) is 12.7 Å². The van der Waals surface area contributed by atoms with Gasteiger partial charge in [-0.1, -0.05) is 36.4 Å². The van der Waals surface area contributed by atoms with Crippen LogP contribution >= 0.6 is 0 Å². The highest BCUT2D eigenvalue weighted by molar-refractivity contribution is 5.67. The number of methoxy groups -OCH3 is 1. The first kappa shape index (κ1) is 19.2. The number of fused-ring (bicyclic) bond motifs is 1. The van der Waals surface area contributed by atoms with Gasteiger partial charge in [-0.15, -0.1) is 0 Å². The normalized spacial score (nSPS) is 16.4. The Balaban J connectivity index is 1.62. The molecule has 2 aromatic carbocycles. The van der Waals surface area contributed by atoms with Crippen LogP contribution in [0.2, 0.25) is 0 Å². The van der Waals surface area contributed by atoms with Gasteiger partial charge in [-0.25, -0.2) is 9.67 Å². The molecule has 0 amide bonds. The number of rotatable bonds is 4. The zero-order valence-electron chi connectivity index (χ0n) is 16.1. The van der Waals surface area contributed by atoms with E-state index in [4.69, 9.17) is 4.74 Å². The van der Waals surface area contributed by atoms with E-state index in [1.807, 2.05) is 31.2 Å². The average Bonchev–Trinajstić information content (AvgIpc) is 3.27. The molecule has 3 aromatic rings. The molecule has 4 rings (SSSR count). The molecule has 0 aliphatic carbocycles. The van der Waals surface area contributed by atoms with Gasteiger partial charge >= 0.3 is 6.18 Å². The molecule has 1 aliphatic heterocycles. The lowest BCUT2D eigenvalue weighted by atomic mass is 9.92. The molecule has 7 heteroatoms. The molecule has 1 unspecified atom stereocenters. The SMILES string of the molecule is COc1cc(/C=C/c2nc3n(n2)CCC3c2ccccc2C(F)(F)F)ccc1C. The molecule has 29 heavy (non-hydrogen) atoms. The summed E-state index contributed by atoms with van der Waals surface area (Å²) in [5.41, 5.74) is 1.62. The van der Waals surface area contributed by atoms with E-state index in [0.717, 1.165) is 22.9 Å². The fraction of sp³-hybridized carbons (Fsp3) is 0.273. The topological polar surface area (TPSA) is 39.9 Å². The van der Waals surface area contributed by atoms with E-state index in [1.165, 1.54) is 12.1 Å². The first-order chi connectivity index (χ1) is 13.9. The maximum Gasteiger partial charge on any atom is 0.416 e. The van der Waals surface area contributed by atoms with E-state index in [1.54, 1.807) is 23.9 Å². The van der Waals surface area contributed by atoms with Gasteiger partial charge < -0.3 is 4.74 Å². The Morgan fingerprint density at radius 1 is 1.14 bits per heavy atom. The van der Waals surface area contributed by atoms with E-state index in [9.17, 15) is 13.2 Å². The van der Waals surface area contributed by atoms with Crippen LogP contribution in [0.4, 0.5) is 13.2 Å². The van der Waals surface area contributed by atoms with Crippen LogP contribution in [0.15, 0.2) is 42.5 Å². The Bertz CT molecular complexity index is 1070. The van der Waals surface area contributed by atoms with Crippen LogP contribution in [0.3, 0.4) is 0 Å². The second-order valence-corrected chi connectivity index (χ2v) is 7.04. The molecule has 2 heterocycles. The second kappa shape index (κ2) is 7.39. The first-order valence-corrected chi connectivity index (χ1v) is 9.30. The van der Waals surface area contributed by atoms with Gasteiger partial charge in [-0.05, 0) is 48.2 Å². The number of nitrogens with zero attached hydrogens (tertiary/aromatic N) is 3. The molecule has 1 aromatic heterocycles. The van der Waals surface area contributed by atoms with Gasteiger partial charge in [-0.2, -0.15) is 18.3 Å². The van der Waals surface area contributed by atoms with E-state index >= 15 is 0 Å². The monoisotopic (exact) mass is 399 g/mol. The van der Waals surface area contributed by atoms with Crippen LogP contribution < -0.4 is 4.74 Å². The zero-order valence-corrected chi connectivity index (χ0v) is 16.1. The lowest BCUT2D eigenvalue weighted by Crippen LogP contribution is -2.12. The van der Waals surface area contributed by atoms with E-state index < -0.39 is 17.7 Å². The number of aryl methyl sites for hydroxylation is 2. The zero-order chi connectivity index (χ0) is 20.6. The van der Waals surface area contributed by atoms with Crippen molar-refractivity contribution in [3.8, 4) is 5.75 Å². The molecular formula is C22H20F3N3O. The van der Waals surface area contributed by atoms with Crippen molar-refractivity contribution in [2.45, 2.75) is 32.0 Å². The fourth-order valence-electron chi connectivity index (χ4n) is 3.71. The largest absolute Gasteiger partial charge is 0.496 e. The summed E-state index contributed by atoms with van der Waals surface area (Å²) in [5.74, 6) is 1.43. The summed E-state index contributed by atoms with van der Waals surface area (Å²) in [5, 5.41) is 4.44. The van der Waals surface area contributed by atoms with Crippen LogP contribution in [-0.2, 0) is 12.7 Å². The first-order valence-electron chi connectivity index (χ1n) is 9.30. The van der Waals surface area contributed by atoms with Crippen molar-refractivity contribution in [2.24, 2.45) is 0 Å². The average molecular weight is 399 g/mol. The van der Waals surface area contributed by atoms with Crippen LogP contribution in [0.1, 0.15) is 46.2 Å². The minimum Gasteiger partial charge on any atom is -0.496 e. The van der Waals surface area contributed by atoms with E-state index in [2.05, 4.69) is 10.1 Å². The number of halogens is 3. The summed E-state index contributed by atoms with van der Waals surface area (Å²) in [7, 11) is 1.62. The van der Waals surface area contributed by atoms with E-state index in [-0.39, 0.29) is 5.56 Å². The summed E-state index contributed by atoms with van der Waals surface area (Å²) in [6.07, 6.45) is -0.202. The maximum absolute atomic E-state index is 13.4. The highest BCUT2D eigenvalue weighted by Crippen LogP contribution is 2.40. The highest BCUT2D eigenvalue weighted by atomic mass is 19.4. The number of hydrogen-bond acceptors (Lipinski definition) is 3. The minimum atomic E-state index is -4.39.